The highest BCUT2D eigenvalue weighted by Gasteiger charge is 2.16. The maximum atomic E-state index is 10.7. The van der Waals surface area contributed by atoms with Crippen LogP contribution in [0.15, 0.2) is 12.2 Å². The quantitative estimate of drug-likeness (QED) is 0.617. The van der Waals surface area contributed by atoms with E-state index in [-0.39, 0.29) is 11.8 Å². The number of hydrogen-bond acceptors (Lipinski definition) is 1. The lowest BCUT2D eigenvalue weighted by atomic mass is 9.87. The molecule has 1 amide bonds. The van der Waals surface area contributed by atoms with Gasteiger partial charge in [0.15, 0.2) is 0 Å². The topological polar surface area (TPSA) is 43.1 Å². The molecule has 0 aromatic carbocycles. The van der Waals surface area contributed by atoms with E-state index in [0.29, 0.717) is 11.5 Å². The SMILES string of the molecule is C=C(C(N)=O)C(C)C(C)CC. The number of carbonyl (C=O) groups is 1. The first-order chi connectivity index (χ1) is 5.00. The van der Waals surface area contributed by atoms with Crippen LogP contribution in [0.5, 0.6) is 0 Å². The van der Waals surface area contributed by atoms with E-state index < -0.39 is 0 Å². The molecular weight excluding hydrogens is 138 g/mol. The van der Waals surface area contributed by atoms with Crippen LogP contribution < -0.4 is 5.73 Å². The van der Waals surface area contributed by atoms with E-state index in [1.165, 1.54) is 0 Å². The third kappa shape index (κ3) is 2.74. The number of primary amides is 1. The van der Waals surface area contributed by atoms with Gasteiger partial charge in [-0.2, -0.15) is 0 Å². The van der Waals surface area contributed by atoms with Crippen molar-refractivity contribution in [2.45, 2.75) is 27.2 Å². The highest BCUT2D eigenvalue weighted by atomic mass is 16.1. The Morgan fingerprint density at radius 1 is 1.55 bits per heavy atom. The largest absolute Gasteiger partial charge is 0.366 e. The molecule has 0 saturated carbocycles. The lowest BCUT2D eigenvalue weighted by Gasteiger charge is -2.18. The van der Waals surface area contributed by atoms with Crippen LogP contribution in [-0.4, -0.2) is 5.91 Å². The molecule has 0 aromatic heterocycles. The molecule has 0 fully saturated rings. The molecule has 2 nitrogen and oxygen atoms in total. The summed E-state index contributed by atoms with van der Waals surface area (Å²) in [5.74, 6) is 0.310. The Labute approximate surface area is 68.5 Å². The van der Waals surface area contributed by atoms with Gasteiger partial charge in [0.1, 0.15) is 0 Å². The Kier molecular flexibility index (Phi) is 3.86. The van der Waals surface area contributed by atoms with Gasteiger partial charge in [0.05, 0.1) is 0 Å². The van der Waals surface area contributed by atoms with E-state index in [1.807, 2.05) is 6.92 Å². The highest BCUT2D eigenvalue weighted by Crippen LogP contribution is 2.20. The van der Waals surface area contributed by atoms with Crippen LogP contribution in [0, 0.1) is 11.8 Å². The van der Waals surface area contributed by atoms with Crippen LogP contribution in [0.4, 0.5) is 0 Å². The van der Waals surface area contributed by atoms with Gasteiger partial charge in [-0.3, -0.25) is 4.79 Å². The summed E-state index contributed by atoms with van der Waals surface area (Å²) in [6.07, 6.45) is 1.05. The zero-order chi connectivity index (χ0) is 9.02. The van der Waals surface area contributed by atoms with E-state index >= 15 is 0 Å². The molecule has 11 heavy (non-hydrogen) atoms. The number of hydrogen-bond donors (Lipinski definition) is 1. The monoisotopic (exact) mass is 155 g/mol. The van der Waals surface area contributed by atoms with Crippen molar-refractivity contribution in [3.63, 3.8) is 0 Å². The second-order valence-corrected chi connectivity index (χ2v) is 3.06. The van der Waals surface area contributed by atoms with Crippen LogP contribution in [-0.2, 0) is 4.79 Å². The van der Waals surface area contributed by atoms with Gasteiger partial charge >= 0.3 is 0 Å². The van der Waals surface area contributed by atoms with Gasteiger partial charge in [-0.25, -0.2) is 0 Å². The van der Waals surface area contributed by atoms with E-state index in [9.17, 15) is 4.79 Å². The molecule has 0 rings (SSSR count). The van der Waals surface area contributed by atoms with Crippen molar-refractivity contribution < 1.29 is 4.79 Å². The molecule has 2 heteroatoms. The maximum absolute atomic E-state index is 10.7. The summed E-state index contributed by atoms with van der Waals surface area (Å²) in [5, 5.41) is 0. The fourth-order valence-corrected chi connectivity index (χ4v) is 0.921. The molecule has 0 radical (unpaired) electrons. The number of carbonyl (C=O) groups excluding carboxylic acids is 1. The summed E-state index contributed by atoms with van der Waals surface area (Å²) < 4.78 is 0. The molecule has 0 aliphatic rings. The normalized spacial score (nSPS) is 15.5. The van der Waals surface area contributed by atoms with Crippen LogP contribution in [0.1, 0.15) is 27.2 Å². The Morgan fingerprint density at radius 2 is 2.00 bits per heavy atom. The molecule has 0 saturated heterocycles. The maximum Gasteiger partial charge on any atom is 0.244 e. The molecule has 2 N–H and O–H groups in total. The molecule has 0 aromatic rings. The number of rotatable bonds is 4. The number of nitrogens with two attached hydrogens (primary N) is 1. The van der Waals surface area contributed by atoms with Gasteiger partial charge in [0.2, 0.25) is 5.91 Å². The molecule has 0 spiro atoms. The smallest absolute Gasteiger partial charge is 0.244 e. The Bertz CT molecular complexity index is 163. The molecule has 0 aliphatic heterocycles. The average molecular weight is 155 g/mol. The first kappa shape index (κ1) is 10.2. The van der Waals surface area contributed by atoms with Crippen molar-refractivity contribution in [2.24, 2.45) is 17.6 Å². The molecule has 2 unspecified atom stereocenters. The first-order valence-corrected chi connectivity index (χ1v) is 3.99. The first-order valence-electron chi connectivity index (χ1n) is 3.99. The van der Waals surface area contributed by atoms with E-state index in [1.54, 1.807) is 0 Å². The summed E-state index contributed by atoms with van der Waals surface area (Å²) in [5.41, 5.74) is 5.63. The summed E-state index contributed by atoms with van der Waals surface area (Å²) >= 11 is 0. The van der Waals surface area contributed by atoms with E-state index in [4.69, 9.17) is 5.73 Å². The van der Waals surface area contributed by atoms with Crippen LogP contribution >= 0.6 is 0 Å². The van der Waals surface area contributed by atoms with Gasteiger partial charge in [-0.15, -0.1) is 0 Å². The predicted octanol–water partition coefficient (Wildman–Crippen LogP) is 1.71. The summed E-state index contributed by atoms with van der Waals surface area (Å²) in [7, 11) is 0. The van der Waals surface area contributed by atoms with Crippen LogP contribution in [0.25, 0.3) is 0 Å². The van der Waals surface area contributed by atoms with Gasteiger partial charge < -0.3 is 5.73 Å². The minimum absolute atomic E-state index is 0.206. The van der Waals surface area contributed by atoms with Gasteiger partial charge in [0, 0.05) is 5.57 Å². The molecular formula is C9H17NO. The fourth-order valence-electron chi connectivity index (χ4n) is 0.921. The average Bonchev–Trinajstić information content (AvgIpc) is 2.00. The molecule has 64 valence electrons. The molecule has 0 heterocycles. The van der Waals surface area contributed by atoms with Crippen molar-refractivity contribution in [3.8, 4) is 0 Å². The minimum Gasteiger partial charge on any atom is -0.366 e. The summed E-state index contributed by atoms with van der Waals surface area (Å²) in [6.45, 7) is 9.82. The Morgan fingerprint density at radius 3 is 2.27 bits per heavy atom. The standard InChI is InChI=1S/C9H17NO/c1-5-6(2)7(3)8(4)9(10)11/h6-7H,4-5H2,1-3H3,(H2,10,11). The number of amides is 1. The second-order valence-electron chi connectivity index (χ2n) is 3.06. The minimum atomic E-state index is -0.377. The van der Waals surface area contributed by atoms with E-state index in [2.05, 4.69) is 20.4 Å². The van der Waals surface area contributed by atoms with Crippen molar-refractivity contribution in [1.29, 1.82) is 0 Å². The lowest BCUT2D eigenvalue weighted by Crippen LogP contribution is -2.21. The summed E-state index contributed by atoms with van der Waals surface area (Å²) in [4.78, 5) is 10.7. The molecule has 0 bridgehead atoms. The van der Waals surface area contributed by atoms with Gasteiger partial charge in [-0.05, 0) is 11.8 Å². The fraction of sp³-hybridized carbons (Fsp3) is 0.667. The molecule has 0 aliphatic carbocycles. The van der Waals surface area contributed by atoms with Crippen molar-refractivity contribution in [3.05, 3.63) is 12.2 Å². The van der Waals surface area contributed by atoms with E-state index in [0.717, 1.165) is 6.42 Å². The zero-order valence-electron chi connectivity index (χ0n) is 7.55. The van der Waals surface area contributed by atoms with Crippen molar-refractivity contribution >= 4 is 5.91 Å². The van der Waals surface area contributed by atoms with Gasteiger partial charge in [-0.1, -0.05) is 33.8 Å². The third-order valence-corrected chi connectivity index (χ3v) is 2.36. The lowest BCUT2D eigenvalue weighted by molar-refractivity contribution is -0.115. The second kappa shape index (κ2) is 4.16. The van der Waals surface area contributed by atoms with Crippen molar-refractivity contribution in [1.82, 2.24) is 0 Å². The zero-order valence-corrected chi connectivity index (χ0v) is 7.55. The third-order valence-electron chi connectivity index (χ3n) is 2.36. The van der Waals surface area contributed by atoms with Gasteiger partial charge in [0.25, 0.3) is 0 Å². The summed E-state index contributed by atoms with van der Waals surface area (Å²) in [6, 6.07) is 0. The highest BCUT2D eigenvalue weighted by molar-refractivity contribution is 5.91. The van der Waals surface area contributed by atoms with Crippen LogP contribution in [0.3, 0.4) is 0 Å². The van der Waals surface area contributed by atoms with Crippen LogP contribution in [0.2, 0.25) is 0 Å². The van der Waals surface area contributed by atoms with Crippen molar-refractivity contribution in [2.75, 3.05) is 0 Å². The molecule has 2 atom stereocenters. The Hall–Kier alpha value is -0.790. The Balaban J connectivity index is 4.13. The predicted molar refractivity (Wildman–Crippen MR) is 47.0 cm³/mol.